The van der Waals surface area contributed by atoms with Gasteiger partial charge in [0.05, 0.1) is 11.7 Å². The Labute approximate surface area is 217 Å². The van der Waals surface area contributed by atoms with Gasteiger partial charge in [-0.05, 0) is 50.3 Å². The molecule has 2 aromatic carbocycles. The van der Waals surface area contributed by atoms with Crippen LogP contribution in [0.4, 0.5) is 11.6 Å². The highest BCUT2D eigenvalue weighted by molar-refractivity contribution is 5.87. The average Bonchev–Trinajstić information content (AvgIpc) is 2.89. The van der Waals surface area contributed by atoms with E-state index in [0.717, 1.165) is 11.3 Å². The molecule has 1 aliphatic heterocycles. The number of aromatic nitrogens is 2. The van der Waals surface area contributed by atoms with E-state index in [4.69, 9.17) is 10.5 Å². The minimum Gasteiger partial charge on any atom is -0.457 e. The summed E-state index contributed by atoms with van der Waals surface area (Å²) in [5.41, 5.74) is 7.79. The zero-order valence-corrected chi connectivity index (χ0v) is 21.2. The van der Waals surface area contributed by atoms with Gasteiger partial charge in [0.1, 0.15) is 29.5 Å². The van der Waals surface area contributed by atoms with Crippen molar-refractivity contribution in [1.82, 2.24) is 19.8 Å². The molecule has 1 saturated heterocycles. The van der Waals surface area contributed by atoms with Crippen molar-refractivity contribution in [3.8, 4) is 22.6 Å². The number of likely N-dealkylation sites (N-methyl/N-ethyl adjacent to an activating group) is 1. The van der Waals surface area contributed by atoms with Crippen LogP contribution in [0.25, 0.3) is 11.1 Å². The summed E-state index contributed by atoms with van der Waals surface area (Å²) in [4.78, 5) is 24.7. The van der Waals surface area contributed by atoms with Crippen LogP contribution < -0.4 is 15.8 Å². The van der Waals surface area contributed by atoms with E-state index in [9.17, 15) is 9.90 Å². The number of piperidine rings is 1. The van der Waals surface area contributed by atoms with Crippen LogP contribution in [0, 0.1) is 5.92 Å². The van der Waals surface area contributed by atoms with Crippen LogP contribution in [-0.4, -0.2) is 77.2 Å². The second-order valence-electron chi connectivity index (χ2n) is 9.37. The number of para-hydroxylation sites is 1. The lowest BCUT2D eigenvalue weighted by molar-refractivity contribution is -0.130. The van der Waals surface area contributed by atoms with E-state index in [1.54, 1.807) is 11.0 Å². The van der Waals surface area contributed by atoms with Gasteiger partial charge in [-0.3, -0.25) is 4.79 Å². The van der Waals surface area contributed by atoms with Gasteiger partial charge in [-0.25, -0.2) is 9.97 Å². The highest BCUT2D eigenvalue weighted by Gasteiger charge is 2.29. The van der Waals surface area contributed by atoms with Crippen LogP contribution >= 0.6 is 0 Å². The van der Waals surface area contributed by atoms with Crippen LogP contribution in [0.1, 0.15) is 6.42 Å². The van der Waals surface area contributed by atoms with Crippen molar-refractivity contribution in [1.29, 1.82) is 0 Å². The number of likely N-dealkylation sites (tertiary alicyclic amines) is 1. The zero-order chi connectivity index (χ0) is 26.2. The van der Waals surface area contributed by atoms with Crippen LogP contribution in [0.3, 0.4) is 0 Å². The second-order valence-corrected chi connectivity index (χ2v) is 9.37. The number of carbonyl (C=O) groups excluding carboxylic acids is 1. The monoisotopic (exact) mass is 502 g/mol. The smallest absolute Gasteiger partial charge is 0.246 e. The number of hydrogen-bond acceptors (Lipinski definition) is 8. The van der Waals surface area contributed by atoms with Crippen LogP contribution in [0.15, 0.2) is 73.1 Å². The first kappa shape index (κ1) is 26.1. The standard InChI is InChI=1S/C28H34N6O3/c1-33(2)15-6-9-25(36)34-16-14-21(24(35)18-34)17-30-28-26(27(29)31-19-32-28)20-10-12-23(13-11-20)37-22-7-4-3-5-8-22/h3-13,19,21,24,35H,14-18H2,1-2H3,(H3,29,30,31,32)/t21-,24+/m0/s1. The predicted octanol–water partition coefficient (Wildman–Crippen LogP) is 3.26. The van der Waals surface area contributed by atoms with Crippen molar-refractivity contribution in [2.75, 3.05) is 51.3 Å². The first-order valence-corrected chi connectivity index (χ1v) is 12.4. The number of carbonyl (C=O) groups is 1. The number of nitrogen functional groups attached to an aromatic ring is 1. The maximum Gasteiger partial charge on any atom is 0.246 e. The molecule has 0 unspecified atom stereocenters. The van der Waals surface area contributed by atoms with Gasteiger partial charge in [0, 0.05) is 38.2 Å². The third-order valence-electron chi connectivity index (χ3n) is 6.29. The highest BCUT2D eigenvalue weighted by atomic mass is 16.5. The number of aliphatic hydroxyl groups is 1. The molecule has 0 spiro atoms. The molecule has 1 fully saturated rings. The Morgan fingerprint density at radius 3 is 2.59 bits per heavy atom. The van der Waals surface area contributed by atoms with E-state index < -0.39 is 6.10 Å². The third-order valence-corrected chi connectivity index (χ3v) is 6.29. The van der Waals surface area contributed by atoms with Crippen molar-refractivity contribution in [3.05, 3.63) is 73.1 Å². The molecule has 0 saturated carbocycles. The summed E-state index contributed by atoms with van der Waals surface area (Å²) in [5.74, 6) is 2.33. The second kappa shape index (κ2) is 12.3. The largest absolute Gasteiger partial charge is 0.457 e. The molecule has 9 nitrogen and oxygen atoms in total. The van der Waals surface area contributed by atoms with Gasteiger partial charge in [-0.2, -0.15) is 0 Å². The number of ether oxygens (including phenoxy) is 1. The van der Waals surface area contributed by atoms with Gasteiger partial charge < -0.3 is 30.7 Å². The van der Waals surface area contributed by atoms with Crippen LogP contribution in [-0.2, 0) is 4.79 Å². The number of aliphatic hydroxyl groups excluding tert-OH is 1. The maximum atomic E-state index is 12.4. The number of benzene rings is 2. The number of nitrogens with zero attached hydrogens (tertiary/aromatic N) is 4. The van der Waals surface area contributed by atoms with Crippen LogP contribution in [0.2, 0.25) is 0 Å². The molecule has 1 amide bonds. The highest BCUT2D eigenvalue weighted by Crippen LogP contribution is 2.33. The average molecular weight is 503 g/mol. The van der Waals surface area contributed by atoms with Gasteiger partial charge in [-0.15, -0.1) is 0 Å². The van der Waals surface area contributed by atoms with E-state index in [1.807, 2.05) is 79.7 Å². The Hall–Kier alpha value is -3.95. The Kier molecular flexibility index (Phi) is 8.71. The number of β-amino-alcohol motifs (C(OH)–C–C–N with tert-alkyl or cyclic N) is 1. The number of anilines is 2. The van der Waals surface area contributed by atoms with E-state index in [-0.39, 0.29) is 11.8 Å². The first-order valence-electron chi connectivity index (χ1n) is 12.4. The predicted molar refractivity (Wildman–Crippen MR) is 145 cm³/mol. The summed E-state index contributed by atoms with van der Waals surface area (Å²) in [5, 5.41) is 14.1. The zero-order valence-electron chi connectivity index (χ0n) is 21.2. The Balaban J connectivity index is 1.38. The van der Waals surface area contributed by atoms with Crippen molar-refractivity contribution in [3.63, 3.8) is 0 Å². The number of nitrogens with two attached hydrogens (primary N) is 1. The van der Waals surface area contributed by atoms with Crippen molar-refractivity contribution >= 4 is 17.5 Å². The fourth-order valence-corrected chi connectivity index (χ4v) is 4.25. The molecule has 0 bridgehead atoms. The fourth-order valence-electron chi connectivity index (χ4n) is 4.25. The fraction of sp³-hybridized carbons (Fsp3) is 0.321. The summed E-state index contributed by atoms with van der Waals surface area (Å²) in [6.45, 7) is 2.09. The third kappa shape index (κ3) is 7.05. The molecule has 1 aliphatic rings. The first-order chi connectivity index (χ1) is 17.9. The van der Waals surface area contributed by atoms with Crippen molar-refractivity contribution in [2.45, 2.75) is 12.5 Å². The van der Waals surface area contributed by atoms with Gasteiger partial charge in [0.25, 0.3) is 0 Å². The van der Waals surface area contributed by atoms with Gasteiger partial charge >= 0.3 is 0 Å². The van der Waals surface area contributed by atoms with E-state index in [1.165, 1.54) is 6.33 Å². The molecular formula is C28H34N6O3. The quantitative estimate of drug-likeness (QED) is 0.382. The topological polar surface area (TPSA) is 117 Å². The number of amides is 1. The molecule has 4 N–H and O–H groups in total. The molecule has 0 aliphatic carbocycles. The summed E-state index contributed by atoms with van der Waals surface area (Å²) < 4.78 is 5.89. The molecule has 0 radical (unpaired) electrons. The molecule has 37 heavy (non-hydrogen) atoms. The lowest BCUT2D eigenvalue weighted by Crippen LogP contribution is -2.47. The van der Waals surface area contributed by atoms with Gasteiger partial charge in [0.2, 0.25) is 5.91 Å². The Bertz CT molecular complexity index is 1200. The summed E-state index contributed by atoms with van der Waals surface area (Å²) in [6.07, 6.45) is 4.89. The molecule has 4 rings (SSSR count). The molecule has 1 aromatic heterocycles. The van der Waals surface area contributed by atoms with Crippen molar-refractivity contribution < 1.29 is 14.6 Å². The normalized spacial score (nSPS) is 17.8. The lowest BCUT2D eigenvalue weighted by atomic mass is 9.93. The summed E-state index contributed by atoms with van der Waals surface area (Å²) >= 11 is 0. The number of nitrogens with one attached hydrogen (secondary N) is 1. The molecule has 3 aromatic rings. The van der Waals surface area contributed by atoms with E-state index >= 15 is 0 Å². The SMILES string of the molecule is CN(C)CC=CC(=O)N1CC[C@@H](CNc2ncnc(N)c2-c2ccc(Oc3ccccc3)cc2)[C@H](O)C1. The minimum atomic E-state index is -0.635. The number of hydrogen-bond donors (Lipinski definition) is 3. The molecule has 194 valence electrons. The van der Waals surface area contributed by atoms with Crippen LogP contribution in [0.5, 0.6) is 11.5 Å². The van der Waals surface area contributed by atoms with Gasteiger partial charge in [-0.1, -0.05) is 36.4 Å². The van der Waals surface area contributed by atoms with Crippen molar-refractivity contribution in [2.24, 2.45) is 5.92 Å². The molecule has 2 atom stereocenters. The summed E-state index contributed by atoms with van der Waals surface area (Å²) in [6, 6.07) is 17.2. The Morgan fingerprint density at radius 1 is 1.16 bits per heavy atom. The molecule has 2 heterocycles. The molecular weight excluding hydrogens is 468 g/mol. The van der Waals surface area contributed by atoms with E-state index in [0.29, 0.717) is 55.5 Å². The van der Waals surface area contributed by atoms with E-state index in [2.05, 4.69) is 15.3 Å². The number of rotatable bonds is 9. The van der Waals surface area contributed by atoms with Gasteiger partial charge in [0.15, 0.2) is 0 Å². The Morgan fingerprint density at radius 2 is 1.89 bits per heavy atom. The maximum absolute atomic E-state index is 12.4. The summed E-state index contributed by atoms with van der Waals surface area (Å²) in [7, 11) is 3.90. The molecule has 9 heteroatoms. The lowest BCUT2D eigenvalue weighted by Gasteiger charge is -2.35. The minimum absolute atomic E-state index is 0.0273.